The molecule has 0 atom stereocenters. The molecule has 2 aromatic rings. The Hall–Kier alpha value is -2.70. The van der Waals surface area contributed by atoms with Crippen LogP contribution in [-0.4, -0.2) is 50.9 Å². The molecule has 0 unspecified atom stereocenters. The van der Waals surface area contributed by atoms with Crippen LogP contribution in [0.4, 0.5) is 5.69 Å². The SMILES string of the molecule is C=CC(=O)N1CCN(c2cnn3ccc(C)nc23)C(=O)C1. The molecule has 2 aromatic heterocycles. The number of nitrogens with zero attached hydrogens (tertiary/aromatic N) is 5. The van der Waals surface area contributed by atoms with Crippen LogP contribution in [0.5, 0.6) is 0 Å². The molecule has 1 saturated heterocycles. The third-order valence-electron chi connectivity index (χ3n) is 3.49. The maximum absolute atomic E-state index is 12.3. The van der Waals surface area contributed by atoms with E-state index in [4.69, 9.17) is 0 Å². The number of aromatic nitrogens is 3. The predicted molar refractivity (Wildman–Crippen MR) is 76.9 cm³/mol. The molecule has 2 amide bonds. The molecule has 0 aliphatic carbocycles. The van der Waals surface area contributed by atoms with Crippen LogP contribution in [0.25, 0.3) is 5.65 Å². The molecule has 21 heavy (non-hydrogen) atoms. The molecule has 7 nitrogen and oxygen atoms in total. The van der Waals surface area contributed by atoms with Gasteiger partial charge in [-0.25, -0.2) is 9.50 Å². The van der Waals surface area contributed by atoms with E-state index in [9.17, 15) is 9.59 Å². The van der Waals surface area contributed by atoms with Crippen molar-refractivity contribution in [3.8, 4) is 0 Å². The van der Waals surface area contributed by atoms with E-state index in [1.54, 1.807) is 15.6 Å². The zero-order chi connectivity index (χ0) is 15.0. The van der Waals surface area contributed by atoms with Crippen molar-refractivity contribution in [3.63, 3.8) is 0 Å². The molecule has 0 radical (unpaired) electrons. The van der Waals surface area contributed by atoms with E-state index >= 15 is 0 Å². The van der Waals surface area contributed by atoms with E-state index < -0.39 is 0 Å². The lowest BCUT2D eigenvalue weighted by Crippen LogP contribution is -2.52. The molecule has 0 bridgehead atoms. The van der Waals surface area contributed by atoms with Gasteiger partial charge in [0, 0.05) is 25.0 Å². The highest BCUT2D eigenvalue weighted by molar-refractivity contribution is 6.01. The number of anilines is 1. The normalized spacial score (nSPS) is 15.6. The van der Waals surface area contributed by atoms with Crippen LogP contribution < -0.4 is 4.90 Å². The number of carbonyl (C=O) groups is 2. The standard InChI is InChI=1S/C14H15N5O2/c1-3-12(20)17-6-7-18(13(21)9-17)11-8-15-19-5-4-10(2)16-14(11)19/h3-5,8H,1,6-7,9H2,2H3. The second kappa shape index (κ2) is 5.01. The highest BCUT2D eigenvalue weighted by Gasteiger charge is 2.29. The monoisotopic (exact) mass is 285 g/mol. The average molecular weight is 285 g/mol. The van der Waals surface area contributed by atoms with Crippen molar-refractivity contribution in [2.24, 2.45) is 0 Å². The Morgan fingerprint density at radius 3 is 2.95 bits per heavy atom. The van der Waals surface area contributed by atoms with Gasteiger partial charge in [0.15, 0.2) is 5.65 Å². The summed E-state index contributed by atoms with van der Waals surface area (Å²) >= 11 is 0. The number of carbonyl (C=O) groups excluding carboxylic acids is 2. The summed E-state index contributed by atoms with van der Waals surface area (Å²) in [5.41, 5.74) is 2.18. The fourth-order valence-corrected chi connectivity index (χ4v) is 2.38. The van der Waals surface area contributed by atoms with Crippen LogP contribution in [0.2, 0.25) is 0 Å². The number of hydrogen-bond acceptors (Lipinski definition) is 4. The van der Waals surface area contributed by atoms with Gasteiger partial charge in [-0.2, -0.15) is 5.10 Å². The lowest BCUT2D eigenvalue weighted by atomic mass is 10.2. The van der Waals surface area contributed by atoms with Crippen molar-refractivity contribution in [1.29, 1.82) is 0 Å². The van der Waals surface area contributed by atoms with E-state index in [-0.39, 0.29) is 18.4 Å². The molecule has 3 heterocycles. The molecule has 0 N–H and O–H groups in total. The van der Waals surface area contributed by atoms with Gasteiger partial charge in [0.05, 0.1) is 6.20 Å². The number of rotatable bonds is 2. The number of piperazine rings is 1. The highest BCUT2D eigenvalue weighted by atomic mass is 16.2. The van der Waals surface area contributed by atoms with E-state index in [1.165, 1.54) is 11.0 Å². The van der Waals surface area contributed by atoms with Crippen LogP contribution in [0, 0.1) is 6.92 Å². The van der Waals surface area contributed by atoms with Crippen molar-refractivity contribution >= 4 is 23.1 Å². The molecule has 1 aliphatic heterocycles. The molecule has 0 spiro atoms. The number of hydrogen-bond donors (Lipinski definition) is 0. The summed E-state index contributed by atoms with van der Waals surface area (Å²) in [4.78, 5) is 31.4. The number of amides is 2. The Labute approximate surface area is 121 Å². The van der Waals surface area contributed by atoms with Gasteiger partial charge in [0.1, 0.15) is 12.2 Å². The third kappa shape index (κ3) is 2.26. The van der Waals surface area contributed by atoms with Gasteiger partial charge in [-0.15, -0.1) is 0 Å². The Bertz CT molecular complexity index is 736. The zero-order valence-corrected chi connectivity index (χ0v) is 11.7. The molecule has 1 aliphatic rings. The van der Waals surface area contributed by atoms with Crippen molar-refractivity contribution in [2.45, 2.75) is 6.92 Å². The third-order valence-corrected chi connectivity index (χ3v) is 3.49. The van der Waals surface area contributed by atoms with Crippen LogP contribution in [0.3, 0.4) is 0 Å². The van der Waals surface area contributed by atoms with Crippen molar-refractivity contribution < 1.29 is 9.59 Å². The van der Waals surface area contributed by atoms with Gasteiger partial charge in [0.25, 0.3) is 0 Å². The topological polar surface area (TPSA) is 70.8 Å². The molecular formula is C14H15N5O2. The van der Waals surface area contributed by atoms with Gasteiger partial charge in [-0.05, 0) is 19.1 Å². The molecule has 0 aromatic carbocycles. The minimum Gasteiger partial charge on any atom is -0.328 e. The molecule has 1 fully saturated rings. The first kappa shape index (κ1) is 13.3. The average Bonchev–Trinajstić information content (AvgIpc) is 2.89. The van der Waals surface area contributed by atoms with Crippen LogP contribution >= 0.6 is 0 Å². The Morgan fingerprint density at radius 2 is 2.24 bits per heavy atom. The summed E-state index contributed by atoms with van der Waals surface area (Å²) in [5.74, 6) is -0.369. The summed E-state index contributed by atoms with van der Waals surface area (Å²) in [6.45, 7) is 6.28. The van der Waals surface area contributed by atoms with Crippen LogP contribution in [0.1, 0.15) is 5.69 Å². The lowest BCUT2D eigenvalue weighted by Gasteiger charge is -2.33. The largest absolute Gasteiger partial charge is 0.328 e. The summed E-state index contributed by atoms with van der Waals surface area (Å²) < 4.78 is 1.64. The van der Waals surface area contributed by atoms with Gasteiger partial charge in [-0.3, -0.25) is 9.59 Å². The molecule has 108 valence electrons. The second-order valence-corrected chi connectivity index (χ2v) is 4.88. The van der Waals surface area contributed by atoms with Crippen LogP contribution in [0.15, 0.2) is 31.1 Å². The second-order valence-electron chi connectivity index (χ2n) is 4.88. The predicted octanol–water partition coefficient (Wildman–Crippen LogP) is 0.399. The first-order valence-electron chi connectivity index (χ1n) is 6.63. The van der Waals surface area contributed by atoms with Crippen molar-refractivity contribution in [2.75, 3.05) is 24.5 Å². The number of aryl methyl sites for hydroxylation is 1. The van der Waals surface area contributed by atoms with Gasteiger partial charge in [-0.1, -0.05) is 6.58 Å². The first-order valence-corrected chi connectivity index (χ1v) is 6.63. The molecule has 7 heteroatoms. The van der Waals surface area contributed by atoms with Gasteiger partial charge >= 0.3 is 0 Å². The fraction of sp³-hybridized carbons (Fsp3) is 0.286. The smallest absolute Gasteiger partial charge is 0.246 e. The van der Waals surface area contributed by atoms with E-state index in [2.05, 4.69) is 16.7 Å². The van der Waals surface area contributed by atoms with Crippen molar-refractivity contribution in [3.05, 3.63) is 36.8 Å². The minimum absolute atomic E-state index is 0.0496. The Morgan fingerprint density at radius 1 is 1.43 bits per heavy atom. The Kier molecular flexibility index (Phi) is 3.17. The van der Waals surface area contributed by atoms with Gasteiger partial charge < -0.3 is 9.80 Å². The molecule has 0 saturated carbocycles. The maximum Gasteiger partial charge on any atom is 0.246 e. The number of fused-ring (bicyclic) bond motifs is 1. The quantitative estimate of drug-likeness (QED) is 0.749. The van der Waals surface area contributed by atoms with Crippen LogP contribution in [-0.2, 0) is 9.59 Å². The van der Waals surface area contributed by atoms with E-state index in [1.807, 2.05) is 19.2 Å². The summed E-state index contributed by atoms with van der Waals surface area (Å²) in [7, 11) is 0. The van der Waals surface area contributed by atoms with Gasteiger partial charge in [0.2, 0.25) is 11.8 Å². The zero-order valence-electron chi connectivity index (χ0n) is 11.7. The maximum atomic E-state index is 12.3. The molecular weight excluding hydrogens is 270 g/mol. The Balaban J connectivity index is 1.90. The van der Waals surface area contributed by atoms with Crippen molar-refractivity contribution in [1.82, 2.24) is 19.5 Å². The fourth-order valence-electron chi connectivity index (χ4n) is 2.38. The molecule has 3 rings (SSSR count). The summed E-state index contributed by atoms with van der Waals surface area (Å²) in [5, 5.41) is 4.20. The first-order chi connectivity index (χ1) is 10.1. The van der Waals surface area contributed by atoms with E-state index in [0.29, 0.717) is 24.4 Å². The highest BCUT2D eigenvalue weighted by Crippen LogP contribution is 2.22. The minimum atomic E-state index is -0.225. The summed E-state index contributed by atoms with van der Waals surface area (Å²) in [6.07, 6.45) is 4.66. The summed E-state index contributed by atoms with van der Waals surface area (Å²) in [6, 6.07) is 1.85. The van der Waals surface area contributed by atoms with E-state index in [0.717, 1.165) is 5.69 Å². The lowest BCUT2D eigenvalue weighted by molar-refractivity contribution is -0.133.